The molecule has 7 aromatic rings. The standard InChI is InChI=1S/C29H23N3/c1-29(2,3)15-22-18-9-5-4-8-17(18)14-21-26-25-23(30-16-31-26)13-12-20-19-10-6-7-11-24(19)32(27(21)22)28(20)25/h4-14,16H,15H2,1-3H3. The first-order valence-corrected chi connectivity index (χ1v) is 11.2. The Morgan fingerprint density at radius 2 is 1.53 bits per heavy atom. The van der Waals surface area contributed by atoms with Gasteiger partial charge < -0.3 is 4.40 Å². The van der Waals surface area contributed by atoms with E-state index in [4.69, 9.17) is 4.98 Å². The maximum atomic E-state index is 4.85. The Kier molecular flexibility index (Phi) is 3.33. The zero-order chi connectivity index (χ0) is 21.6. The summed E-state index contributed by atoms with van der Waals surface area (Å²) in [5, 5.41) is 7.51. The third kappa shape index (κ3) is 2.26. The molecule has 3 heterocycles. The van der Waals surface area contributed by atoms with Crippen molar-refractivity contribution in [3.63, 3.8) is 0 Å². The Morgan fingerprint density at radius 1 is 0.750 bits per heavy atom. The Morgan fingerprint density at radius 3 is 2.38 bits per heavy atom. The van der Waals surface area contributed by atoms with Gasteiger partial charge in [-0.05, 0) is 52.4 Å². The van der Waals surface area contributed by atoms with Crippen molar-refractivity contribution < 1.29 is 0 Å². The summed E-state index contributed by atoms with van der Waals surface area (Å²) in [7, 11) is 0. The molecule has 32 heavy (non-hydrogen) atoms. The summed E-state index contributed by atoms with van der Waals surface area (Å²) in [5.41, 5.74) is 7.36. The van der Waals surface area contributed by atoms with Crippen LogP contribution in [0.25, 0.3) is 59.9 Å². The number of rotatable bonds is 1. The van der Waals surface area contributed by atoms with Gasteiger partial charge in [0.25, 0.3) is 0 Å². The fraction of sp³-hybridized carbons (Fsp3) is 0.172. The van der Waals surface area contributed by atoms with Gasteiger partial charge in [-0.3, -0.25) is 0 Å². The molecule has 0 radical (unpaired) electrons. The first kappa shape index (κ1) is 17.9. The molecule has 0 aliphatic heterocycles. The van der Waals surface area contributed by atoms with Gasteiger partial charge in [0.1, 0.15) is 6.33 Å². The molecule has 0 unspecified atom stereocenters. The largest absolute Gasteiger partial charge is 0.307 e. The molecular formula is C29H23N3. The lowest BCUT2D eigenvalue weighted by molar-refractivity contribution is 0.413. The van der Waals surface area contributed by atoms with E-state index >= 15 is 0 Å². The predicted molar refractivity (Wildman–Crippen MR) is 135 cm³/mol. The van der Waals surface area contributed by atoms with E-state index in [-0.39, 0.29) is 5.41 Å². The number of pyridine rings is 1. The average molecular weight is 414 g/mol. The van der Waals surface area contributed by atoms with Crippen LogP contribution in [-0.2, 0) is 6.42 Å². The highest BCUT2D eigenvalue weighted by molar-refractivity contribution is 6.28. The Bertz CT molecular complexity index is 1830. The number of fused-ring (bicyclic) bond motifs is 7. The van der Waals surface area contributed by atoms with E-state index in [2.05, 4.69) is 96.9 Å². The molecule has 3 nitrogen and oxygen atoms in total. The van der Waals surface area contributed by atoms with Gasteiger partial charge in [-0.2, -0.15) is 0 Å². The van der Waals surface area contributed by atoms with Crippen LogP contribution in [0.2, 0.25) is 0 Å². The van der Waals surface area contributed by atoms with Crippen molar-refractivity contribution in [2.24, 2.45) is 5.41 Å². The molecule has 0 aliphatic carbocycles. The number of hydrogen-bond donors (Lipinski definition) is 0. The van der Waals surface area contributed by atoms with Gasteiger partial charge in [0.2, 0.25) is 0 Å². The lowest BCUT2D eigenvalue weighted by atomic mass is 9.84. The van der Waals surface area contributed by atoms with Crippen LogP contribution >= 0.6 is 0 Å². The highest BCUT2D eigenvalue weighted by Gasteiger charge is 2.24. The van der Waals surface area contributed by atoms with E-state index in [0.717, 1.165) is 22.8 Å². The normalized spacial score (nSPS) is 13.0. The zero-order valence-corrected chi connectivity index (χ0v) is 18.5. The van der Waals surface area contributed by atoms with Gasteiger partial charge in [0.05, 0.1) is 33.0 Å². The van der Waals surface area contributed by atoms with Crippen molar-refractivity contribution >= 4 is 59.9 Å². The van der Waals surface area contributed by atoms with Crippen LogP contribution in [0.1, 0.15) is 26.3 Å². The number of aromatic nitrogens is 3. The van der Waals surface area contributed by atoms with Crippen molar-refractivity contribution in [1.29, 1.82) is 0 Å². The van der Waals surface area contributed by atoms with Crippen LogP contribution in [0, 0.1) is 5.41 Å². The smallest absolute Gasteiger partial charge is 0.116 e. The van der Waals surface area contributed by atoms with Crippen LogP contribution in [-0.4, -0.2) is 14.4 Å². The lowest BCUT2D eigenvalue weighted by Gasteiger charge is -2.23. The molecule has 0 aliphatic rings. The average Bonchev–Trinajstić information content (AvgIpc) is 3.12. The second-order valence-electron chi connectivity index (χ2n) is 10.1. The Labute approximate surface area is 185 Å². The highest BCUT2D eigenvalue weighted by Crippen LogP contribution is 2.43. The molecule has 0 saturated heterocycles. The van der Waals surface area contributed by atoms with Crippen molar-refractivity contribution in [3.05, 3.63) is 78.6 Å². The van der Waals surface area contributed by atoms with E-state index in [1.807, 2.05) is 0 Å². The van der Waals surface area contributed by atoms with Gasteiger partial charge in [-0.25, -0.2) is 9.97 Å². The van der Waals surface area contributed by atoms with E-state index in [0.29, 0.717) is 0 Å². The Hall–Kier alpha value is -3.72. The zero-order valence-electron chi connectivity index (χ0n) is 18.5. The van der Waals surface area contributed by atoms with Crippen LogP contribution < -0.4 is 0 Å². The predicted octanol–water partition coefficient (Wildman–Crippen LogP) is 7.52. The van der Waals surface area contributed by atoms with Crippen LogP contribution in [0.3, 0.4) is 0 Å². The maximum absolute atomic E-state index is 4.85. The first-order chi connectivity index (χ1) is 15.5. The molecule has 4 aromatic carbocycles. The monoisotopic (exact) mass is 413 g/mol. The molecule has 0 atom stereocenters. The maximum Gasteiger partial charge on any atom is 0.116 e. The molecular weight excluding hydrogens is 390 g/mol. The summed E-state index contributed by atoms with van der Waals surface area (Å²) in [6, 6.07) is 24.2. The van der Waals surface area contributed by atoms with Crippen LogP contribution in [0.5, 0.6) is 0 Å². The van der Waals surface area contributed by atoms with Crippen molar-refractivity contribution in [1.82, 2.24) is 14.4 Å². The van der Waals surface area contributed by atoms with Crippen molar-refractivity contribution in [2.75, 3.05) is 0 Å². The second-order valence-corrected chi connectivity index (χ2v) is 10.1. The summed E-state index contributed by atoms with van der Waals surface area (Å²) in [6.07, 6.45) is 2.70. The first-order valence-electron chi connectivity index (χ1n) is 11.2. The molecule has 7 rings (SSSR count). The van der Waals surface area contributed by atoms with E-state index in [9.17, 15) is 0 Å². The second kappa shape index (κ2) is 5.95. The minimum atomic E-state index is 0.151. The number of para-hydroxylation sites is 1. The van der Waals surface area contributed by atoms with Crippen LogP contribution in [0.4, 0.5) is 0 Å². The molecule has 0 fully saturated rings. The fourth-order valence-electron chi connectivity index (χ4n) is 5.59. The van der Waals surface area contributed by atoms with E-state index < -0.39 is 0 Å². The van der Waals surface area contributed by atoms with Gasteiger partial charge >= 0.3 is 0 Å². The Balaban J connectivity index is 1.90. The summed E-state index contributed by atoms with van der Waals surface area (Å²) >= 11 is 0. The van der Waals surface area contributed by atoms with Gasteiger partial charge in [0, 0.05) is 16.2 Å². The third-order valence-corrected chi connectivity index (χ3v) is 6.75. The number of benzene rings is 4. The highest BCUT2D eigenvalue weighted by atomic mass is 14.9. The SMILES string of the molecule is CC(C)(C)Cc1c2ccccc2cc2c3ncnc4ccc5c6ccccc6n(c12)c5c43. The molecule has 0 saturated carbocycles. The van der Waals surface area contributed by atoms with Crippen molar-refractivity contribution in [3.8, 4) is 0 Å². The van der Waals surface area contributed by atoms with Gasteiger partial charge in [-0.15, -0.1) is 0 Å². The van der Waals surface area contributed by atoms with E-state index in [1.165, 1.54) is 49.0 Å². The lowest BCUT2D eigenvalue weighted by Crippen LogP contribution is -2.11. The minimum Gasteiger partial charge on any atom is -0.307 e. The molecule has 3 heteroatoms. The molecule has 0 bridgehead atoms. The number of hydrogen-bond acceptors (Lipinski definition) is 2. The van der Waals surface area contributed by atoms with Crippen LogP contribution in [0.15, 0.2) is 73.1 Å². The quantitative estimate of drug-likeness (QED) is 0.206. The fourth-order valence-corrected chi connectivity index (χ4v) is 5.59. The molecule has 0 spiro atoms. The summed E-state index contributed by atoms with van der Waals surface area (Å²) < 4.78 is 2.49. The molecule has 154 valence electrons. The van der Waals surface area contributed by atoms with E-state index in [1.54, 1.807) is 6.33 Å². The third-order valence-electron chi connectivity index (χ3n) is 6.75. The molecule has 3 aromatic heterocycles. The minimum absolute atomic E-state index is 0.151. The molecule has 0 N–H and O–H groups in total. The molecule has 0 amide bonds. The van der Waals surface area contributed by atoms with Crippen molar-refractivity contribution in [2.45, 2.75) is 27.2 Å². The van der Waals surface area contributed by atoms with Gasteiger partial charge in [0.15, 0.2) is 0 Å². The topological polar surface area (TPSA) is 30.2 Å². The van der Waals surface area contributed by atoms with Gasteiger partial charge in [-0.1, -0.05) is 63.2 Å². The summed E-state index contributed by atoms with van der Waals surface area (Å²) in [4.78, 5) is 9.48. The summed E-state index contributed by atoms with van der Waals surface area (Å²) in [6.45, 7) is 6.97. The summed E-state index contributed by atoms with van der Waals surface area (Å²) in [5.74, 6) is 0. The number of nitrogens with zero attached hydrogens (tertiary/aromatic N) is 3.